The number of benzene rings is 1. The zero-order chi connectivity index (χ0) is 13.0. The van der Waals surface area contributed by atoms with E-state index in [0.717, 1.165) is 31.9 Å². The summed E-state index contributed by atoms with van der Waals surface area (Å²) >= 11 is 12.2. The minimum atomic E-state index is -0.458. The van der Waals surface area contributed by atoms with Gasteiger partial charge in [-0.2, -0.15) is 0 Å². The Morgan fingerprint density at radius 3 is 2.37 bits per heavy atom. The zero-order valence-corrected chi connectivity index (χ0v) is 12.8. The van der Waals surface area contributed by atoms with Gasteiger partial charge in [0.2, 0.25) is 0 Å². The molecule has 6 heteroatoms. The number of morpholine rings is 1. The molecule has 0 aliphatic carbocycles. The molecule has 2 rings (SSSR count). The van der Waals surface area contributed by atoms with Crippen LogP contribution in [0.25, 0.3) is 0 Å². The molecule has 0 bridgehead atoms. The van der Waals surface area contributed by atoms with E-state index in [4.69, 9.17) is 27.9 Å². The van der Waals surface area contributed by atoms with Crippen LogP contribution >= 0.6 is 35.6 Å². The van der Waals surface area contributed by atoms with E-state index in [-0.39, 0.29) is 12.4 Å². The second-order valence-corrected chi connectivity index (χ2v) is 5.29. The summed E-state index contributed by atoms with van der Waals surface area (Å²) in [6.45, 7) is 3.84. The number of ether oxygens (including phenoxy) is 1. The Morgan fingerprint density at radius 1 is 1.21 bits per heavy atom. The quantitative estimate of drug-likeness (QED) is 0.923. The van der Waals surface area contributed by atoms with Crippen molar-refractivity contribution in [2.75, 3.05) is 32.8 Å². The third-order valence-electron chi connectivity index (χ3n) is 3.07. The molecule has 1 aromatic carbocycles. The van der Waals surface area contributed by atoms with Crippen LogP contribution in [0.15, 0.2) is 18.2 Å². The Hall–Kier alpha value is -0.0300. The largest absolute Gasteiger partial charge is 0.391 e. The standard InChI is InChI=1S/C13H17Cl2NO2.ClH/c14-12-2-1-3-13(15)11(12)8-10(17)9-16-4-6-18-7-5-16;/h1-3,10,17H,4-9H2;1H. The Balaban J connectivity index is 0.00000180. The molecule has 1 saturated heterocycles. The number of halogens is 3. The van der Waals surface area contributed by atoms with Crippen molar-refractivity contribution < 1.29 is 9.84 Å². The molecular weight excluding hydrogens is 309 g/mol. The van der Waals surface area contributed by atoms with Crippen molar-refractivity contribution in [3.8, 4) is 0 Å². The number of nitrogens with zero attached hydrogens (tertiary/aromatic N) is 1. The predicted molar refractivity (Wildman–Crippen MR) is 80.7 cm³/mol. The van der Waals surface area contributed by atoms with Gasteiger partial charge in [-0.3, -0.25) is 4.90 Å². The minimum absolute atomic E-state index is 0. The second kappa shape index (κ2) is 8.30. The van der Waals surface area contributed by atoms with E-state index in [2.05, 4.69) is 4.90 Å². The van der Waals surface area contributed by atoms with Crippen molar-refractivity contribution in [3.63, 3.8) is 0 Å². The summed E-state index contributed by atoms with van der Waals surface area (Å²) < 4.78 is 5.27. The minimum Gasteiger partial charge on any atom is -0.391 e. The van der Waals surface area contributed by atoms with Crippen LogP contribution in [0.4, 0.5) is 0 Å². The lowest BCUT2D eigenvalue weighted by atomic mass is 10.1. The van der Waals surface area contributed by atoms with Gasteiger partial charge in [0, 0.05) is 36.1 Å². The van der Waals surface area contributed by atoms with Crippen molar-refractivity contribution in [3.05, 3.63) is 33.8 Å². The summed E-state index contributed by atoms with van der Waals surface area (Å²) in [5.74, 6) is 0. The first kappa shape index (κ1) is 17.0. The highest BCUT2D eigenvalue weighted by Gasteiger charge is 2.17. The van der Waals surface area contributed by atoms with E-state index in [0.29, 0.717) is 23.0 Å². The molecule has 1 fully saturated rings. The van der Waals surface area contributed by atoms with Gasteiger partial charge in [-0.15, -0.1) is 12.4 Å². The van der Waals surface area contributed by atoms with Crippen molar-refractivity contribution in [1.82, 2.24) is 4.90 Å². The average molecular weight is 327 g/mol. The van der Waals surface area contributed by atoms with E-state index in [9.17, 15) is 5.11 Å². The van der Waals surface area contributed by atoms with E-state index >= 15 is 0 Å². The highest BCUT2D eigenvalue weighted by Crippen LogP contribution is 2.25. The third-order valence-corrected chi connectivity index (χ3v) is 3.78. The van der Waals surface area contributed by atoms with Gasteiger partial charge in [0.05, 0.1) is 19.3 Å². The molecule has 1 atom stereocenters. The van der Waals surface area contributed by atoms with E-state index in [1.165, 1.54) is 0 Å². The monoisotopic (exact) mass is 325 g/mol. The first-order chi connectivity index (χ1) is 8.66. The molecule has 0 spiro atoms. The summed E-state index contributed by atoms with van der Waals surface area (Å²) in [5, 5.41) is 11.3. The van der Waals surface area contributed by atoms with Crippen LogP contribution in [-0.4, -0.2) is 49.0 Å². The molecule has 1 aromatic rings. The first-order valence-electron chi connectivity index (χ1n) is 6.08. The number of aliphatic hydroxyl groups excluding tert-OH is 1. The normalized spacial score (nSPS) is 17.8. The molecule has 1 heterocycles. The van der Waals surface area contributed by atoms with Crippen molar-refractivity contribution in [1.29, 1.82) is 0 Å². The van der Waals surface area contributed by atoms with Crippen molar-refractivity contribution in [2.45, 2.75) is 12.5 Å². The van der Waals surface area contributed by atoms with Crippen LogP contribution in [0.1, 0.15) is 5.56 Å². The van der Waals surface area contributed by atoms with Crippen LogP contribution < -0.4 is 0 Å². The first-order valence-corrected chi connectivity index (χ1v) is 6.83. The smallest absolute Gasteiger partial charge is 0.0708 e. The number of aliphatic hydroxyl groups is 1. The van der Waals surface area contributed by atoms with E-state index < -0.39 is 6.10 Å². The molecule has 0 amide bonds. The maximum atomic E-state index is 10.1. The lowest BCUT2D eigenvalue weighted by Gasteiger charge is -2.28. The van der Waals surface area contributed by atoms with Gasteiger partial charge in [0.15, 0.2) is 0 Å². The zero-order valence-electron chi connectivity index (χ0n) is 10.5. The van der Waals surface area contributed by atoms with Gasteiger partial charge in [-0.1, -0.05) is 29.3 Å². The maximum Gasteiger partial charge on any atom is 0.0708 e. The highest BCUT2D eigenvalue weighted by atomic mass is 35.5. The molecule has 108 valence electrons. The fourth-order valence-electron chi connectivity index (χ4n) is 2.11. The van der Waals surface area contributed by atoms with Crippen LogP contribution in [0.3, 0.4) is 0 Å². The topological polar surface area (TPSA) is 32.7 Å². The summed E-state index contributed by atoms with van der Waals surface area (Å²) in [6, 6.07) is 5.40. The molecule has 1 N–H and O–H groups in total. The number of hydrogen-bond acceptors (Lipinski definition) is 3. The Bertz CT molecular complexity index is 377. The number of β-amino-alcohol motifs (C(OH)–C–C–N with tert-alkyl or cyclic N) is 1. The molecule has 0 aromatic heterocycles. The molecule has 1 aliphatic heterocycles. The SMILES string of the molecule is Cl.OC(Cc1c(Cl)cccc1Cl)CN1CCOCC1. The summed E-state index contributed by atoms with van der Waals surface area (Å²) in [5.41, 5.74) is 0.821. The Morgan fingerprint density at radius 2 is 1.79 bits per heavy atom. The van der Waals surface area contributed by atoms with Crippen LogP contribution in [-0.2, 0) is 11.2 Å². The Labute approximate surface area is 129 Å². The van der Waals surface area contributed by atoms with Gasteiger partial charge >= 0.3 is 0 Å². The average Bonchev–Trinajstić information content (AvgIpc) is 2.35. The molecule has 1 unspecified atom stereocenters. The summed E-state index contributed by atoms with van der Waals surface area (Å²) in [7, 11) is 0. The lowest BCUT2D eigenvalue weighted by Crippen LogP contribution is -2.41. The summed E-state index contributed by atoms with van der Waals surface area (Å²) in [6.07, 6.45) is 0.0241. The fourth-order valence-corrected chi connectivity index (χ4v) is 2.66. The Kier molecular flexibility index (Phi) is 7.44. The van der Waals surface area contributed by atoms with Crippen molar-refractivity contribution >= 4 is 35.6 Å². The lowest BCUT2D eigenvalue weighted by molar-refractivity contribution is 0.0149. The molecule has 19 heavy (non-hydrogen) atoms. The molecule has 1 aliphatic rings. The van der Waals surface area contributed by atoms with Crippen molar-refractivity contribution in [2.24, 2.45) is 0 Å². The molecular formula is C13H18Cl3NO2. The fraction of sp³-hybridized carbons (Fsp3) is 0.538. The molecule has 3 nitrogen and oxygen atoms in total. The van der Waals surface area contributed by atoms with Gasteiger partial charge in [-0.25, -0.2) is 0 Å². The number of rotatable bonds is 4. The predicted octanol–water partition coefficient (Wildman–Crippen LogP) is 2.65. The molecule has 0 saturated carbocycles. The third kappa shape index (κ3) is 5.10. The van der Waals surface area contributed by atoms with E-state index in [1.807, 2.05) is 6.07 Å². The second-order valence-electron chi connectivity index (χ2n) is 4.47. The van der Waals surface area contributed by atoms with Gasteiger partial charge in [0.25, 0.3) is 0 Å². The van der Waals surface area contributed by atoms with Crippen LogP contribution in [0, 0.1) is 0 Å². The van der Waals surface area contributed by atoms with Crippen LogP contribution in [0.5, 0.6) is 0 Å². The summed E-state index contributed by atoms with van der Waals surface area (Å²) in [4.78, 5) is 2.19. The maximum absolute atomic E-state index is 10.1. The highest BCUT2D eigenvalue weighted by molar-refractivity contribution is 6.35. The van der Waals surface area contributed by atoms with Gasteiger partial charge < -0.3 is 9.84 Å². The molecule has 0 radical (unpaired) electrons. The number of hydrogen-bond donors (Lipinski definition) is 1. The van der Waals surface area contributed by atoms with Gasteiger partial charge in [-0.05, 0) is 17.7 Å². The van der Waals surface area contributed by atoms with Gasteiger partial charge in [0.1, 0.15) is 0 Å². The van der Waals surface area contributed by atoms with Crippen LogP contribution in [0.2, 0.25) is 10.0 Å². The van der Waals surface area contributed by atoms with E-state index in [1.54, 1.807) is 12.1 Å².